The van der Waals surface area contributed by atoms with E-state index in [1.165, 1.54) is 6.26 Å². The van der Waals surface area contributed by atoms with E-state index in [-0.39, 0.29) is 18.2 Å². The van der Waals surface area contributed by atoms with Crippen LogP contribution in [0.15, 0.2) is 21.3 Å². The summed E-state index contributed by atoms with van der Waals surface area (Å²) in [5, 5.41) is 21.9. The molecule has 0 bridgehead atoms. The summed E-state index contributed by atoms with van der Waals surface area (Å²) in [6.45, 7) is -0.172. The maximum Gasteiger partial charge on any atom is 0.358 e. The van der Waals surface area contributed by atoms with E-state index in [9.17, 15) is 9.90 Å². The van der Waals surface area contributed by atoms with Gasteiger partial charge in [0.2, 0.25) is 0 Å². The van der Waals surface area contributed by atoms with Crippen molar-refractivity contribution in [3.05, 3.63) is 29.3 Å². The highest BCUT2D eigenvalue weighted by Gasteiger charge is 2.35. The molecule has 2 N–H and O–H groups in total. The smallest absolute Gasteiger partial charge is 0.358 e. The number of nitrogens with zero attached hydrogens (tertiary/aromatic N) is 1. The lowest BCUT2D eigenvalue weighted by Gasteiger charge is -2.18. The van der Waals surface area contributed by atoms with Gasteiger partial charge in [-0.1, -0.05) is 5.16 Å². The first kappa shape index (κ1) is 10.1. The third-order valence-electron chi connectivity index (χ3n) is 2.98. The molecular formula is C11H9NO5. The highest BCUT2D eigenvalue weighted by molar-refractivity contribution is 5.90. The van der Waals surface area contributed by atoms with Gasteiger partial charge in [0.15, 0.2) is 11.5 Å². The maximum atomic E-state index is 11.0. The zero-order valence-electron chi connectivity index (χ0n) is 8.71. The Balaban J connectivity index is 2.24. The van der Waals surface area contributed by atoms with Crippen LogP contribution in [-0.2, 0) is 6.42 Å². The minimum absolute atomic E-state index is 0.133. The normalized spacial score (nSPS) is 17.6. The number of carboxylic acids is 1. The molecule has 1 atom stereocenters. The van der Waals surface area contributed by atoms with E-state index in [1.807, 2.05) is 0 Å². The second-order valence-electron chi connectivity index (χ2n) is 3.92. The zero-order chi connectivity index (χ0) is 12.0. The van der Waals surface area contributed by atoms with Crippen LogP contribution in [0.5, 0.6) is 0 Å². The van der Waals surface area contributed by atoms with E-state index in [4.69, 9.17) is 14.0 Å². The summed E-state index contributed by atoms with van der Waals surface area (Å²) in [6, 6.07) is 1.71. The van der Waals surface area contributed by atoms with Gasteiger partial charge in [-0.15, -0.1) is 0 Å². The van der Waals surface area contributed by atoms with Crippen LogP contribution >= 0.6 is 0 Å². The summed E-state index contributed by atoms with van der Waals surface area (Å²) >= 11 is 0. The highest BCUT2D eigenvalue weighted by atomic mass is 16.5. The van der Waals surface area contributed by atoms with E-state index >= 15 is 0 Å². The van der Waals surface area contributed by atoms with Crippen LogP contribution in [0, 0.1) is 0 Å². The first-order valence-corrected chi connectivity index (χ1v) is 5.12. The van der Waals surface area contributed by atoms with E-state index < -0.39 is 5.97 Å². The van der Waals surface area contributed by atoms with Crippen molar-refractivity contribution < 1.29 is 23.9 Å². The van der Waals surface area contributed by atoms with Gasteiger partial charge in [0.1, 0.15) is 5.76 Å². The lowest BCUT2D eigenvalue weighted by atomic mass is 9.85. The number of furan rings is 1. The number of carbonyl (C=O) groups is 1. The van der Waals surface area contributed by atoms with Gasteiger partial charge in [-0.05, 0) is 6.07 Å². The largest absolute Gasteiger partial charge is 0.476 e. The molecule has 0 aromatic carbocycles. The van der Waals surface area contributed by atoms with Crippen LogP contribution < -0.4 is 0 Å². The van der Waals surface area contributed by atoms with Crippen molar-refractivity contribution in [3.8, 4) is 11.3 Å². The maximum absolute atomic E-state index is 11.0. The topological polar surface area (TPSA) is 96.7 Å². The molecule has 0 saturated heterocycles. The summed E-state index contributed by atoms with van der Waals surface area (Å²) in [7, 11) is 0. The number of fused-ring (bicyclic) bond motifs is 3. The first-order valence-electron chi connectivity index (χ1n) is 5.12. The SMILES string of the molecule is O=C(O)c1noc2c1C(CO)Cc1occc1-2. The average molecular weight is 235 g/mol. The van der Waals surface area contributed by atoms with Crippen LogP contribution in [0.25, 0.3) is 11.3 Å². The van der Waals surface area contributed by atoms with Crippen LogP contribution in [0.3, 0.4) is 0 Å². The molecule has 6 nitrogen and oxygen atoms in total. The molecule has 0 radical (unpaired) electrons. The van der Waals surface area contributed by atoms with Crippen LogP contribution in [0.1, 0.15) is 27.7 Å². The monoisotopic (exact) mass is 235 g/mol. The van der Waals surface area contributed by atoms with Crippen molar-refractivity contribution in [1.82, 2.24) is 5.16 Å². The fraction of sp³-hybridized carbons (Fsp3) is 0.273. The third-order valence-corrected chi connectivity index (χ3v) is 2.98. The number of aliphatic hydroxyl groups is 1. The summed E-state index contributed by atoms with van der Waals surface area (Å²) in [6.07, 6.45) is 1.96. The number of hydrogen-bond acceptors (Lipinski definition) is 5. The van der Waals surface area contributed by atoms with Crippen molar-refractivity contribution in [1.29, 1.82) is 0 Å². The van der Waals surface area contributed by atoms with E-state index in [0.29, 0.717) is 29.1 Å². The molecule has 0 spiro atoms. The Labute approximate surface area is 95.5 Å². The van der Waals surface area contributed by atoms with Crippen LogP contribution in [0.4, 0.5) is 0 Å². The number of aromatic nitrogens is 1. The van der Waals surface area contributed by atoms with Gasteiger partial charge in [-0.25, -0.2) is 4.79 Å². The molecule has 1 aliphatic rings. The summed E-state index contributed by atoms with van der Waals surface area (Å²) < 4.78 is 10.3. The average Bonchev–Trinajstić information content (AvgIpc) is 2.93. The van der Waals surface area contributed by atoms with Crippen molar-refractivity contribution in [3.63, 3.8) is 0 Å². The van der Waals surface area contributed by atoms with E-state index in [1.54, 1.807) is 6.07 Å². The molecule has 1 unspecified atom stereocenters. The molecule has 0 aliphatic heterocycles. The first-order chi connectivity index (χ1) is 8.22. The molecule has 0 fully saturated rings. The minimum Gasteiger partial charge on any atom is -0.476 e. The summed E-state index contributed by atoms with van der Waals surface area (Å²) in [5.41, 5.74) is 1.03. The lowest BCUT2D eigenvalue weighted by Crippen LogP contribution is -2.15. The molecule has 0 amide bonds. The van der Waals surface area contributed by atoms with Gasteiger partial charge >= 0.3 is 5.97 Å². The molecule has 88 valence electrons. The van der Waals surface area contributed by atoms with Crippen LogP contribution in [0.2, 0.25) is 0 Å². The molecular weight excluding hydrogens is 226 g/mol. The Morgan fingerprint density at radius 3 is 3.12 bits per heavy atom. The fourth-order valence-corrected chi connectivity index (χ4v) is 2.21. The lowest BCUT2D eigenvalue weighted by molar-refractivity contribution is 0.0684. The Bertz CT molecular complexity index is 582. The standard InChI is InChI=1S/C11H9NO5/c13-4-5-3-7-6(1-2-16-7)10-8(5)9(11(14)15)12-17-10/h1-2,5,13H,3-4H2,(H,14,15). The molecule has 2 aromatic rings. The molecule has 17 heavy (non-hydrogen) atoms. The van der Waals surface area contributed by atoms with Gasteiger partial charge in [0.05, 0.1) is 18.4 Å². The number of rotatable bonds is 2. The Kier molecular flexibility index (Phi) is 2.05. The Morgan fingerprint density at radius 2 is 2.41 bits per heavy atom. The predicted molar refractivity (Wildman–Crippen MR) is 54.7 cm³/mol. The molecule has 0 saturated carbocycles. The molecule has 6 heteroatoms. The van der Waals surface area contributed by atoms with Gasteiger partial charge in [0.25, 0.3) is 0 Å². The molecule has 1 aliphatic carbocycles. The van der Waals surface area contributed by atoms with Gasteiger partial charge < -0.3 is 19.2 Å². The Morgan fingerprint density at radius 1 is 1.59 bits per heavy atom. The molecule has 2 heterocycles. The van der Waals surface area contributed by atoms with Gasteiger partial charge in [-0.2, -0.15) is 0 Å². The predicted octanol–water partition coefficient (Wildman–Crippen LogP) is 1.26. The molecule has 2 aromatic heterocycles. The number of carboxylic acid groups (broad SMARTS) is 1. The fourth-order valence-electron chi connectivity index (χ4n) is 2.21. The number of hydrogen-bond donors (Lipinski definition) is 2. The van der Waals surface area contributed by atoms with Crippen molar-refractivity contribution in [2.24, 2.45) is 0 Å². The summed E-state index contributed by atoms with van der Waals surface area (Å²) in [4.78, 5) is 11.0. The quantitative estimate of drug-likeness (QED) is 0.813. The van der Waals surface area contributed by atoms with E-state index in [0.717, 1.165) is 0 Å². The summed E-state index contributed by atoms with van der Waals surface area (Å²) in [5.74, 6) is -0.428. The Hall–Kier alpha value is -2.08. The van der Waals surface area contributed by atoms with Gasteiger partial charge in [-0.3, -0.25) is 0 Å². The second-order valence-corrected chi connectivity index (χ2v) is 3.92. The van der Waals surface area contributed by atoms with Crippen LogP contribution in [-0.4, -0.2) is 27.9 Å². The third kappa shape index (κ3) is 1.31. The van der Waals surface area contributed by atoms with Crippen molar-refractivity contribution in [2.45, 2.75) is 12.3 Å². The second kappa shape index (κ2) is 3.46. The van der Waals surface area contributed by atoms with Crippen molar-refractivity contribution >= 4 is 5.97 Å². The molecule has 3 rings (SSSR count). The number of aliphatic hydroxyl groups excluding tert-OH is 1. The highest BCUT2D eigenvalue weighted by Crippen LogP contribution is 2.41. The zero-order valence-corrected chi connectivity index (χ0v) is 8.71. The minimum atomic E-state index is -1.15. The number of aromatic carboxylic acids is 1. The van der Waals surface area contributed by atoms with Gasteiger partial charge in [0, 0.05) is 17.9 Å². The van der Waals surface area contributed by atoms with E-state index in [2.05, 4.69) is 5.16 Å². The van der Waals surface area contributed by atoms with Crippen molar-refractivity contribution in [2.75, 3.05) is 6.61 Å².